The Morgan fingerprint density at radius 3 is 2.91 bits per heavy atom. The van der Waals surface area contributed by atoms with Crippen LogP contribution in [-0.2, 0) is 11.3 Å². The van der Waals surface area contributed by atoms with Gasteiger partial charge in [0.2, 0.25) is 0 Å². The molecule has 1 atom stereocenters. The Balaban J connectivity index is 2.24. The molecule has 0 spiro atoms. The highest BCUT2D eigenvalue weighted by molar-refractivity contribution is 7.98. The minimum absolute atomic E-state index is 0.0510. The van der Waals surface area contributed by atoms with Crippen molar-refractivity contribution < 1.29 is 14.6 Å². The van der Waals surface area contributed by atoms with E-state index in [1.54, 1.807) is 18.9 Å². The van der Waals surface area contributed by atoms with E-state index in [-0.39, 0.29) is 18.6 Å². The van der Waals surface area contributed by atoms with E-state index in [1.165, 1.54) is 0 Å². The Morgan fingerprint density at radius 1 is 1.43 bits per heavy atom. The molecule has 0 aliphatic rings. The summed E-state index contributed by atoms with van der Waals surface area (Å²) in [4.78, 5) is 12.6. The fourth-order valence-corrected chi connectivity index (χ4v) is 3.07. The summed E-state index contributed by atoms with van der Waals surface area (Å²) in [7, 11) is 1.65. The summed E-state index contributed by atoms with van der Waals surface area (Å²) in [5.74, 6) is 0.746. The van der Waals surface area contributed by atoms with Crippen molar-refractivity contribution in [1.29, 1.82) is 0 Å². The topological polar surface area (TPSA) is 63.5 Å². The van der Waals surface area contributed by atoms with Gasteiger partial charge in [0.25, 0.3) is 5.91 Å². The standard InChI is InChI=1S/C17H24N2O3S/c1-22-9-8-19-15-6-4-3-5-13(15)11-16(19)17(21)18-14(12-20)7-10-23-2/h3-6,11,14,20H,7-10,12H2,1-2H3,(H,18,21)/t14-/m0/s1. The summed E-state index contributed by atoms with van der Waals surface area (Å²) in [6.45, 7) is 1.10. The molecule has 0 unspecified atom stereocenters. The number of carbonyl (C=O) groups excluding carboxylic acids is 1. The fraction of sp³-hybridized carbons (Fsp3) is 0.471. The molecule has 6 heteroatoms. The molecule has 0 aliphatic heterocycles. The molecule has 0 radical (unpaired) electrons. The van der Waals surface area contributed by atoms with Gasteiger partial charge in [-0.2, -0.15) is 11.8 Å². The highest BCUT2D eigenvalue weighted by Gasteiger charge is 2.18. The monoisotopic (exact) mass is 336 g/mol. The molecule has 23 heavy (non-hydrogen) atoms. The van der Waals surface area contributed by atoms with Crippen LogP contribution < -0.4 is 5.32 Å². The summed E-state index contributed by atoms with van der Waals surface area (Å²) in [5, 5.41) is 13.4. The molecule has 1 aromatic heterocycles. The zero-order valence-corrected chi connectivity index (χ0v) is 14.4. The molecule has 0 bridgehead atoms. The number of ether oxygens (including phenoxy) is 1. The number of carbonyl (C=O) groups is 1. The van der Waals surface area contributed by atoms with E-state index in [0.717, 1.165) is 23.1 Å². The van der Waals surface area contributed by atoms with Crippen molar-refractivity contribution in [1.82, 2.24) is 9.88 Å². The van der Waals surface area contributed by atoms with Gasteiger partial charge in [-0.3, -0.25) is 4.79 Å². The SMILES string of the molecule is COCCn1c(C(=O)N[C@H](CO)CCSC)cc2ccccc21. The summed E-state index contributed by atoms with van der Waals surface area (Å²) in [5.41, 5.74) is 1.62. The third-order valence-electron chi connectivity index (χ3n) is 3.79. The first-order valence-corrected chi connectivity index (χ1v) is 9.08. The summed E-state index contributed by atoms with van der Waals surface area (Å²) in [6.07, 6.45) is 2.76. The number of aromatic nitrogens is 1. The maximum Gasteiger partial charge on any atom is 0.268 e. The van der Waals surface area contributed by atoms with Crippen molar-refractivity contribution in [2.75, 3.05) is 32.3 Å². The number of rotatable bonds is 9. The Labute approximate surface area is 141 Å². The molecule has 0 saturated carbocycles. The lowest BCUT2D eigenvalue weighted by atomic mass is 10.2. The van der Waals surface area contributed by atoms with E-state index >= 15 is 0 Å². The number of fused-ring (bicyclic) bond motifs is 1. The second-order valence-corrected chi connectivity index (χ2v) is 6.35. The van der Waals surface area contributed by atoms with Gasteiger partial charge >= 0.3 is 0 Å². The second-order valence-electron chi connectivity index (χ2n) is 5.37. The van der Waals surface area contributed by atoms with Crippen LogP contribution in [-0.4, -0.2) is 54.0 Å². The number of nitrogens with zero attached hydrogens (tertiary/aromatic N) is 1. The van der Waals surface area contributed by atoms with Crippen molar-refractivity contribution in [3.8, 4) is 0 Å². The van der Waals surface area contributed by atoms with Gasteiger partial charge < -0.3 is 19.7 Å². The predicted molar refractivity (Wildman–Crippen MR) is 95.2 cm³/mol. The average Bonchev–Trinajstić information content (AvgIpc) is 2.95. The molecule has 1 heterocycles. The van der Waals surface area contributed by atoms with Crippen LogP contribution in [0.3, 0.4) is 0 Å². The lowest BCUT2D eigenvalue weighted by molar-refractivity contribution is 0.0904. The Morgan fingerprint density at radius 2 is 2.22 bits per heavy atom. The van der Waals surface area contributed by atoms with E-state index in [0.29, 0.717) is 18.8 Å². The molecular weight excluding hydrogens is 312 g/mol. The van der Waals surface area contributed by atoms with Gasteiger partial charge in [0, 0.05) is 24.6 Å². The van der Waals surface area contributed by atoms with Gasteiger partial charge in [-0.1, -0.05) is 18.2 Å². The molecule has 0 fully saturated rings. The average molecular weight is 336 g/mol. The molecule has 0 saturated heterocycles. The molecule has 2 rings (SSSR count). The van der Waals surface area contributed by atoms with Crippen LogP contribution in [0.1, 0.15) is 16.9 Å². The maximum absolute atomic E-state index is 12.6. The van der Waals surface area contributed by atoms with Crippen LogP contribution >= 0.6 is 11.8 Å². The number of amides is 1. The van der Waals surface area contributed by atoms with Gasteiger partial charge in [0.1, 0.15) is 5.69 Å². The van der Waals surface area contributed by atoms with Crippen LogP contribution in [0.5, 0.6) is 0 Å². The van der Waals surface area contributed by atoms with Crippen LogP contribution in [0.15, 0.2) is 30.3 Å². The summed E-state index contributed by atoms with van der Waals surface area (Å²) >= 11 is 1.70. The first-order valence-electron chi connectivity index (χ1n) is 7.69. The number of thioether (sulfide) groups is 1. The predicted octanol–water partition coefficient (Wildman–Crippen LogP) is 2.13. The fourth-order valence-electron chi connectivity index (χ4n) is 2.55. The number of hydrogen-bond acceptors (Lipinski definition) is 4. The highest BCUT2D eigenvalue weighted by atomic mass is 32.2. The van der Waals surface area contributed by atoms with Gasteiger partial charge in [0.15, 0.2) is 0 Å². The first-order chi connectivity index (χ1) is 11.2. The van der Waals surface area contributed by atoms with E-state index in [2.05, 4.69) is 5.32 Å². The van der Waals surface area contributed by atoms with Gasteiger partial charge in [0.05, 0.1) is 19.3 Å². The van der Waals surface area contributed by atoms with E-state index < -0.39 is 0 Å². The van der Waals surface area contributed by atoms with Crippen LogP contribution in [0.25, 0.3) is 10.9 Å². The van der Waals surface area contributed by atoms with Gasteiger partial charge in [-0.05, 0) is 30.6 Å². The molecule has 5 nitrogen and oxygen atoms in total. The Bertz CT molecular complexity index is 642. The van der Waals surface area contributed by atoms with Gasteiger partial charge in [-0.25, -0.2) is 0 Å². The van der Waals surface area contributed by atoms with Gasteiger partial charge in [-0.15, -0.1) is 0 Å². The Hall–Kier alpha value is -1.50. The Kier molecular flexibility index (Phi) is 6.95. The van der Waals surface area contributed by atoms with E-state index in [4.69, 9.17) is 4.74 Å². The van der Waals surface area contributed by atoms with Crippen molar-refractivity contribution >= 4 is 28.6 Å². The third kappa shape index (κ3) is 4.50. The van der Waals surface area contributed by atoms with Crippen LogP contribution in [0.4, 0.5) is 0 Å². The van der Waals surface area contributed by atoms with Crippen LogP contribution in [0.2, 0.25) is 0 Å². The number of nitrogens with one attached hydrogen (secondary N) is 1. The lowest BCUT2D eigenvalue weighted by Crippen LogP contribution is -2.38. The van der Waals surface area contributed by atoms with E-state index in [9.17, 15) is 9.90 Å². The number of para-hydroxylation sites is 1. The third-order valence-corrected chi connectivity index (χ3v) is 4.43. The molecule has 0 aliphatic carbocycles. The van der Waals surface area contributed by atoms with Crippen molar-refractivity contribution in [3.63, 3.8) is 0 Å². The largest absolute Gasteiger partial charge is 0.394 e. The molecular formula is C17H24N2O3S. The normalized spacial score (nSPS) is 12.5. The zero-order chi connectivity index (χ0) is 16.7. The van der Waals surface area contributed by atoms with Crippen LogP contribution in [0, 0.1) is 0 Å². The van der Waals surface area contributed by atoms with Crippen molar-refractivity contribution in [3.05, 3.63) is 36.0 Å². The number of benzene rings is 1. The molecule has 2 aromatic rings. The minimum atomic E-state index is -0.219. The highest BCUT2D eigenvalue weighted by Crippen LogP contribution is 2.20. The molecule has 126 valence electrons. The van der Waals surface area contributed by atoms with Crippen molar-refractivity contribution in [2.24, 2.45) is 0 Å². The second kappa shape index (κ2) is 8.96. The number of aliphatic hydroxyl groups is 1. The van der Waals surface area contributed by atoms with Crippen molar-refractivity contribution in [2.45, 2.75) is 19.0 Å². The number of methoxy groups -OCH3 is 1. The number of hydrogen-bond donors (Lipinski definition) is 2. The first kappa shape index (κ1) is 17.8. The maximum atomic E-state index is 12.6. The zero-order valence-electron chi connectivity index (χ0n) is 13.6. The summed E-state index contributed by atoms with van der Waals surface area (Å²) < 4.78 is 7.13. The summed E-state index contributed by atoms with van der Waals surface area (Å²) in [6, 6.07) is 9.58. The van der Waals surface area contributed by atoms with E-state index in [1.807, 2.05) is 41.2 Å². The molecule has 1 aromatic carbocycles. The smallest absolute Gasteiger partial charge is 0.268 e. The minimum Gasteiger partial charge on any atom is -0.394 e. The number of aliphatic hydroxyl groups excluding tert-OH is 1. The molecule has 1 amide bonds. The molecule has 2 N–H and O–H groups in total. The lowest BCUT2D eigenvalue weighted by Gasteiger charge is -2.17. The quantitative estimate of drug-likeness (QED) is 0.736.